The molecule has 0 saturated heterocycles. The van der Waals surface area contributed by atoms with Gasteiger partial charge in [-0.05, 0) is 43.7 Å². The van der Waals surface area contributed by atoms with Crippen LogP contribution in [0.25, 0.3) is 0 Å². The maximum absolute atomic E-state index is 12.2. The van der Waals surface area contributed by atoms with Gasteiger partial charge in [0.1, 0.15) is 5.01 Å². The van der Waals surface area contributed by atoms with Crippen LogP contribution in [0.3, 0.4) is 0 Å². The maximum atomic E-state index is 12.2. The van der Waals surface area contributed by atoms with Crippen LogP contribution in [0.15, 0.2) is 53.9 Å². The van der Waals surface area contributed by atoms with E-state index in [1.54, 1.807) is 11.3 Å². The van der Waals surface area contributed by atoms with Crippen molar-refractivity contribution in [1.82, 2.24) is 9.88 Å². The van der Waals surface area contributed by atoms with E-state index < -0.39 is 0 Å². The molecule has 0 spiro atoms. The van der Waals surface area contributed by atoms with Crippen molar-refractivity contribution in [2.45, 2.75) is 39.8 Å². The largest absolute Gasteiger partial charge is 0.326 e. The lowest BCUT2D eigenvalue weighted by atomic mass is 10.1. The first kappa shape index (κ1) is 20.2. The average Bonchev–Trinajstić information content (AvgIpc) is 3.10. The van der Waals surface area contributed by atoms with Crippen LogP contribution in [0.1, 0.15) is 34.3 Å². The number of nitrogens with one attached hydrogen (secondary N) is 1. The predicted molar refractivity (Wildman–Crippen MR) is 117 cm³/mol. The maximum Gasteiger partial charge on any atom is 0.231 e. The van der Waals surface area contributed by atoms with Crippen molar-refractivity contribution in [2.24, 2.45) is 0 Å². The van der Waals surface area contributed by atoms with E-state index in [9.17, 15) is 4.79 Å². The van der Waals surface area contributed by atoms with Gasteiger partial charge in [0, 0.05) is 24.2 Å². The second-order valence-corrected chi connectivity index (χ2v) is 8.11. The summed E-state index contributed by atoms with van der Waals surface area (Å²) in [5.41, 5.74) is 5.66. The van der Waals surface area contributed by atoms with E-state index in [0.29, 0.717) is 6.42 Å². The number of anilines is 1. The lowest BCUT2D eigenvalue weighted by Gasteiger charge is -2.15. The fourth-order valence-electron chi connectivity index (χ4n) is 3.01. The number of thiazole rings is 1. The van der Waals surface area contributed by atoms with Crippen LogP contribution < -0.4 is 5.32 Å². The Balaban J connectivity index is 1.50. The Morgan fingerprint density at radius 2 is 1.71 bits per heavy atom. The van der Waals surface area contributed by atoms with Crippen molar-refractivity contribution in [3.05, 3.63) is 81.3 Å². The molecular formula is C23H27N3OS. The van der Waals surface area contributed by atoms with Gasteiger partial charge in [0.15, 0.2) is 0 Å². The van der Waals surface area contributed by atoms with Gasteiger partial charge >= 0.3 is 0 Å². The summed E-state index contributed by atoms with van der Waals surface area (Å²) in [5.74, 6) is -0.0332. The molecule has 1 amide bonds. The third-order valence-corrected chi connectivity index (χ3v) is 5.46. The highest BCUT2D eigenvalue weighted by atomic mass is 32.1. The van der Waals surface area contributed by atoms with Crippen LogP contribution >= 0.6 is 11.3 Å². The third-order valence-electron chi connectivity index (χ3n) is 4.56. The predicted octanol–water partition coefficient (Wildman–Crippen LogP) is 4.83. The van der Waals surface area contributed by atoms with Crippen LogP contribution in [-0.4, -0.2) is 22.8 Å². The SMILES string of the molecule is CCc1ccc(CN(C)Cc2csc(CC(=O)Nc3ccc(C)cc3)n2)cc1. The number of hydrogen-bond acceptors (Lipinski definition) is 4. The molecule has 3 rings (SSSR count). The normalized spacial score (nSPS) is 11.0. The van der Waals surface area contributed by atoms with Gasteiger partial charge < -0.3 is 5.32 Å². The number of carbonyl (C=O) groups is 1. The van der Waals surface area contributed by atoms with Gasteiger partial charge in [-0.15, -0.1) is 11.3 Å². The van der Waals surface area contributed by atoms with Crippen LogP contribution in [0, 0.1) is 6.92 Å². The van der Waals surface area contributed by atoms with Crippen molar-refractivity contribution in [2.75, 3.05) is 12.4 Å². The van der Waals surface area contributed by atoms with Crippen molar-refractivity contribution in [3.8, 4) is 0 Å². The standard InChI is InChI=1S/C23H27N3OS/c1-4-18-7-9-19(10-8-18)14-26(3)15-21-16-28-23(25-21)13-22(27)24-20-11-5-17(2)6-12-20/h5-12,16H,4,13-15H2,1-3H3,(H,24,27). The van der Waals surface area contributed by atoms with Gasteiger partial charge in [0.25, 0.3) is 0 Å². The summed E-state index contributed by atoms with van der Waals surface area (Å²) >= 11 is 1.55. The summed E-state index contributed by atoms with van der Waals surface area (Å²) < 4.78 is 0. The van der Waals surface area contributed by atoms with Gasteiger partial charge in [-0.25, -0.2) is 4.98 Å². The van der Waals surface area contributed by atoms with E-state index in [0.717, 1.165) is 35.9 Å². The molecule has 0 aliphatic rings. The first-order valence-electron chi connectivity index (χ1n) is 9.58. The zero-order valence-electron chi connectivity index (χ0n) is 16.7. The zero-order chi connectivity index (χ0) is 19.9. The highest BCUT2D eigenvalue weighted by Crippen LogP contribution is 2.15. The lowest BCUT2D eigenvalue weighted by Crippen LogP contribution is -2.18. The number of nitrogens with zero attached hydrogens (tertiary/aromatic N) is 2. The molecule has 3 aromatic rings. The van der Waals surface area contributed by atoms with Crippen molar-refractivity contribution in [1.29, 1.82) is 0 Å². The minimum absolute atomic E-state index is 0.0332. The number of aromatic nitrogens is 1. The molecule has 5 heteroatoms. The first-order valence-corrected chi connectivity index (χ1v) is 10.5. The van der Waals surface area contributed by atoms with E-state index in [1.807, 2.05) is 36.6 Å². The molecular weight excluding hydrogens is 366 g/mol. The van der Waals surface area contributed by atoms with Gasteiger partial charge in [0.2, 0.25) is 5.91 Å². The van der Waals surface area contributed by atoms with E-state index in [4.69, 9.17) is 0 Å². The molecule has 1 aromatic heterocycles. The average molecular weight is 394 g/mol. The minimum atomic E-state index is -0.0332. The molecule has 0 aliphatic heterocycles. The number of hydrogen-bond donors (Lipinski definition) is 1. The third kappa shape index (κ3) is 6.01. The van der Waals surface area contributed by atoms with Crippen LogP contribution in [0.2, 0.25) is 0 Å². The highest BCUT2D eigenvalue weighted by molar-refractivity contribution is 7.09. The molecule has 28 heavy (non-hydrogen) atoms. The molecule has 0 atom stereocenters. The molecule has 146 valence electrons. The molecule has 0 bridgehead atoms. The van der Waals surface area contributed by atoms with E-state index in [2.05, 4.69) is 53.4 Å². The number of benzene rings is 2. The number of aryl methyl sites for hydroxylation is 2. The summed E-state index contributed by atoms with van der Waals surface area (Å²) in [6.45, 7) is 5.85. The fourth-order valence-corrected chi connectivity index (χ4v) is 3.79. The summed E-state index contributed by atoms with van der Waals surface area (Å²) in [6.07, 6.45) is 1.37. The van der Waals surface area contributed by atoms with Gasteiger partial charge in [-0.1, -0.05) is 48.9 Å². The Labute approximate surface area is 171 Å². The fraction of sp³-hybridized carbons (Fsp3) is 0.304. The molecule has 1 N–H and O–H groups in total. The van der Waals surface area contributed by atoms with Crippen molar-refractivity contribution < 1.29 is 4.79 Å². The smallest absolute Gasteiger partial charge is 0.231 e. The zero-order valence-corrected chi connectivity index (χ0v) is 17.6. The molecule has 0 radical (unpaired) electrons. The summed E-state index contributed by atoms with van der Waals surface area (Å²) in [5, 5.41) is 5.82. The Morgan fingerprint density at radius 1 is 1.04 bits per heavy atom. The monoisotopic (exact) mass is 393 g/mol. The van der Waals surface area contributed by atoms with Crippen LogP contribution in [0.4, 0.5) is 5.69 Å². The molecule has 0 saturated carbocycles. The molecule has 0 fully saturated rings. The van der Waals surface area contributed by atoms with E-state index in [1.165, 1.54) is 16.7 Å². The number of rotatable bonds is 8. The van der Waals surface area contributed by atoms with E-state index in [-0.39, 0.29) is 5.91 Å². The van der Waals surface area contributed by atoms with Gasteiger partial charge in [-0.3, -0.25) is 9.69 Å². The number of amides is 1. The van der Waals surface area contributed by atoms with Crippen LogP contribution in [0.5, 0.6) is 0 Å². The Morgan fingerprint density at radius 3 is 2.39 bits per heavy atom. The second-order valence-electron chi connectivity index (χ2n) is 7.17. The molecule has 0 aliphatic carbocycles. The molecule has 4 nitrogen and oxygen atoms in total. The van der Waals surface area contributed by atoms with Crippen LogP contribution in [-0.2, 0) is 30.7 Å². The van der Waals surface area contributed by atoms with Crippen molar-refractivity contribution in [3.63, 3.8) is 0 Å². The Bertz CT molecular complexity index is 900. The van der Waals surface area contributed by atoms with Crippen molar-refractivity contribution >= 4 is 22.9 Å². The topological polar surface area (TPSA) is 45.2 Å². The molecule has 1 heterocycles. The first-order chi connectivity index (χ1) is 13.5. The molecule has 0 unspecified atom stereocenters. The summed E-state index contributed by atoms with van der Waals surface area (Å²) in [6, 6.07) is 16.6. The second kappa shape index (κ2) is 9.62. The quantitative estimate of drug-likeness (QED) is 0.596. The lowest BCUT2D eigenvalue weighted by molar-refractivity contribution is -0.115. The summed E-state index contributed by atoms with van der Waals surface area (Å²) in [4.78, 5) is 19.1. The van der Waals surface area contributed by atoms with E-state index >= 15 is 0 Å². The van der Waals surface area contributed by atoms with Gasteiger partial charge in [0.05, 0.1) is 12.1 Å². The molecule has 2 aromatic carbocycles. The Hall–Kier alpha value is -2.50. The highest BCUT2D eigenvalue weighted by Gasteiger charge is 2.10. The number of carbonyl (C=O) groups excluding carboxylic acids is 1. The Kier molecular flexibility index (Phi) is 6.95. The summed E-state index contributed by atoms with van der Waals surface area (Å²) in [7, 11) is 2.09. The minimum Gasteiger partial charge on any atom is -0.326 e. The van der Waals surface area contributed by atoms with Gasteiger partial charge in [-0.2, -0.15) is 0 Å².